The summed E-state index contributed by atoms with van der Waals surface area (Å²) >= 11 is 2.52. The highest BCUT2D eigenvalue weighted by Crippen LogP contribution is 2.26. The van der Waals surface area contributed by atoms with E-state index in [0.29, 0.717) is 6.07 Å². The lowest BCUT2D eigenvalue weighted by Crippen LogP contribution is -2.15. The predicted molar refractivity (Wildman–Crippen MR) is 48.2 cm³/mol. The molecule has 84 valence electrons. The minimum absolute atomic E-state index is 0.403. The highest BCUT2D eigenvalue weighted by molar-refractivity contribution is 9.10. The zero-order valence-electron chi connectivity index (χ0n) is 6.92. The molecule has 15 heavy (non-hydrogen) atoms. The maximum atomic E-state index is 13.1. The molecule has 0 saturated heterocycles. The van der Waals surface area contributed by atoms with Gasteiger partial charge in [-0.2, -0.15) is 0 Å². The molecule has 0 aliphatic heterocycles. The van der Waals surface area contributed by atoms with Crippen LogP contribution in [0, 0.1) is 5.82 Å². The Hall–Kier alpha value is -0.670. The predicted octanol–water partition coefficient (Wildman–Crippen LogP) is 1.57. The van der Waals surface area contributed by atoms with E-state index in [2.05, 4.69) is 26.1 Å². The summed E-state index contributed by atoms with van der Waals surface area (Å²) < 4.78 is 58.6. The fourth-order valence-electron chi connectivity index (χ4n) is 0.813. The number of nitrogens with two attached hydrogens (primary N) is 1. The van der Waals surface area contributed by atoms with E-state index in [0.717, 1.165) is 0 Å². The standard InChI is InChI=1S/C6H4BrF3N2O2S/c7-5-4(8)3(15(11,13)14)1-2(12-5)6(9)10/h1,6H,(H2,11,13,14). The number of halogens is 4. The Kier molecular flexibility index (Phi) is 3.36. The summed E-state index contributed by atoms with van der Waals surface area (Å²) in [6, 6.07) is 0.403. The van der Waals surface area contributed by atoms with Gasteiger partial charge in [0.1, 0.15) is 15.2 Å². The van der Waals surface area contributed by atoms with E-state index in [-0.39, 0.29) is 0 Å². The average molecular weight is 305 g/mol. The van der Waals surface area contributed by atoms with Gasteiger partial charge in [-0.05, 0) is 22.0 Å². The first-order chi connectivity index (χ1) is 6.73. The number of hydrogen-bond acceptors (Lipinski definition) is 3. The van der Waals surface area contributed by atoms with Crippen LogP contribution in [0.4, 0.5) is 13.2 Å². The van der Waals surface area contributed by atoms with Gasteiger partial charge in [0.05, 0.1) is 0 Å². The number of rotatable bonds is 2. The van der Waals surface area contributed by atoms with Crippen molar-refractivity contribution in [2.75, 3.05) is 0 Å². The Bertz CT molecular complexity index is 491. The lowest BCUT2D eigenvalue weighted by Gasteiger charge is -2.05. The van der Waals surface area contributed by atoms with Gasteiger partial charge in [-0.15, -0.1) is 0 Å². The number of aromatic nitrogens is 1. The lowest BCUT2D eigenvalue weighted by atomic mass is 10.3. The molecule has 0 bridgehead atoms. The third kappa shape index (κ3) is 2.67. The second-order valence-electron chi connectivity index (χ2n) is 2.50. The Morgan fingerprint density at radius 1 is 1.47 bits per heavy atom. The maximum absolute atomic E-state index is 13.1. The third-order valence-electron chi connectivity index (χ3n) is 1.43. The molecule has 1 aromatic rings. The number of pyridine rings is 1. The van der Waals surface area contributed by atoms with E-state index < -0.39 is 37.5 Å². The topological polar surface area (TPSA) is 73.1 Å². The van der Waals surface area contributed by atoms with Crippen LogP contribution in [-0.2, 0) is 10.0 Å². The highest BCUT2D eigenvalue weighted by Gasteiger charge is 2.22. The van der Waals surface area contributed by atoms with Crippen LogP contribution in [0.3, 0.4) is 0 Å². The zero-order chi connectivity index (χ0) is 11.8. The Morgan fingerprint density at radius 3 is 2.40 bits per heavy atom. The molecule has 4 nitrogen and oxygen atoms in total. The fraction of sp³-hybridized carbons (Fsp3) is 0.167. The third-order valence-corrected chi connectivity index (χ3v) is 2.87. The molecule has 1 heterocycles. The van der Waals surface area contributed by atoms with Crippen molar-refractivity contribution in [2.45, 2.75) is 11.3 Å². The summed E-state index contributed by atoms with van der Waals surface area (Å²) in [6.45, 7) is 0. The van der Waals surface area contributed by atoms with Gasteiger partial charge >= 0.3 is 0 Å². The first kappa shape index (κ1) is 12.4. The molecule has 0 spiro atoms. The zero-order valence-corrected chi connectivity index (χ0v) is 9.32. The largest absolute Gasteiger partial charge is 0.280 e. The summed E-state index contributed by atoms with van der Waals surface area (Å²) in [4.78, 5) is 2.10. The average Bonchev–Trinajstić information content (AvgIpc) is 2.06. The number of primary sulfonamides is 1. The molecular weight excluding hydrogens is 301 g/mol. The molecule has 0 aromatic carbocycles. The van der Waals surface area contributed by atoms with Crippen LogP contribution >= 0.6 is 15.9 Å². The van der Waals surface area contributed by atoms with E-state index in [9.17, 15) is 21.6 Å². The van der Waals surface area contributed by atoms with Gasteiger partial charge in [0.2, 0.25) is 10.0 Å². The van der Waals surface area contributed by atoms with Gasteiger partial charge in [-0.1, -0.05) is 0 Å². The van der Waals surface area contributed by atoms with Crippen LogP contribution in [0.15, 0.2) is 15.6 Å². The molecule has 1 aromatic heterocycles. The molecule has 0 fully saturated rings. The van der Waals surface area contributed by atoms with E-state index >= 15 is 0 Å². The molecule has 0 atom stereocenters. The Morgan fingerprint density at radius 2 is 2.00 bits per heavy atom. The molecule has 0 unspecified atom stereocenters. The highest BCUT2D eigenvalue weighted by atomic mass is 79.9. The Balaban J connectivity index is 3.52. The quantitative estimate of drug-likeness (QED) is 0.843. The molecule has 0 radical (unpaired) electrons. The summed E-state index contributed by atoms with van der Waals surface area (Å²) in [6.07, 6.45) is -3.01. The first-order valence-electron chi connectivity index (χ1n) is 3.40. The van der Waals surface area contributed by atoms with E-state index in [4.69, 9.17) is 0 Å². The second kappa shape index (κ2) is 4.06. The smallest absolute Gasteiger partial charge is 0.237 e. The molecule has 0 amide bonds. The van der Waals surface area contributed by atoms with Gasteiger partial charge in [-0.25, -0.2) is 31.7 Å². The molecule has 0 saturated carbocycles. The molecule has 0 aliphatic carbocycles. The van der Waals surface area contributed by atoms with Crippen LogP contribution < -0.4 is 5.14 Å². The van der Waals surface area contributed by atoms with Gasteiger partial charge in [0.15, 0.2) is 5.82 Å². The van der Waals surface area contributed by atoms with Crippen LogP contribution in [0.2, 0.25) is 0 Å². The van der Waals surface area contributed by atoms with Gasteiger partial charge < -0.3 is 0 Å². The first-order valence-corrected chi connectivity index (χ1v) is 5.74. The van der Waals surface area contributed by atoms with Crippen molar-refractivity contribution in [1.29, 1.82) is 0 Å². The maximum Gasteiger partial charge on any atom is 0.280 e. The van der Waals surface area contributed by atoms with Crippen molar-refractivity contribution in [3.05, 3.63) is 22.2 Å². The second-order valence-corrected chi connectivity index (χ2v) is 4.78. The monoisotopic (exact) mass is 304 g/mol. The summed E-state index contributed by atoms with van der Waals surface area (Å²) in [5.41, 5.74) is -0.868. The summed E-state index contributed by atoms with van der Waals surface area (Å²) in [5.74, 6) is -1.29. The Labute approximate surface area is 91.5 Å². The van der Waals surface area contributed by atoms with Crippen molar-refractivity contribution >= 4 is 26.0 Å². The van der Waals surface area contributed by atoms with Gasteiger partial charge in [0, 0.05) is 0 Å². The summed E-state index contributed by atoms with van der Waals surface area (Å²) in [5, 5.41) is 4.63. The molecular formula is C6H4BrF3N2O2S. The molecule has 1 rings (SSSR count). The van der Waals surface area contributed by atoms with Gasteiger partial charge in [-0.3, -0.25) is 0 Å². The van der Waals surface area contributed by atoms with Gasteiger partial charge in [0.25, 0.3) is 6.43 Å². The van der Waals surface area contributed by atoms with Crippen LogP contribution in [-0.4, -0.2) is 13.4 Å². The SMILES string of the molecule is NS(=O)(=O)c1cc(C(F)F)nc(Br)c1F. The van der Waals surface area contributed by atoms with Crippen molar-refractivity contribution in [3.63, 3.8) is 0 Å². The molecule has 0 aliphatic rings. The van der Waals surface area contributed by atoms with Crippen molar-refractivity contribution in [1.82, 2.24) is 4.98 Å². The lowest BCUT2D eigenvalue weighted by molar-refractivity contribution is 0.145. The van der Waals surface area contributed by atoms with Crippen LogP contribution in [0.1, 0.15) is 12.1 Å². The van der Waals surface area contributed by atoms with Crippen LogP contribution in [0.5, 0.6) is 0 Å². The van der Waals surface area contributed by atoms with Crippen molar-refractivity contribution in [3.8, 4) is 0 Å². The molecule has 2 N–H and O–H groups in total. The minimum atomic E-state index is -4.39. The van der Waals surface area contributed by atoms with Crippen molar-refractivity contribution in [2.24, 2.45) is 5.14 Å². The van der Waals surface area contributed by atoms with E-state index in [1.54, 1.807) is 0 Å². The minimum Gasteiger partial charge on any atom is -0.237 e. The number of nitrogens with zero attached hydrogens (tertiary/aromatic N) is 1. The summed E-state index contributed by atoms with van der Waals surface area (Å²) in [7, 11) is -4.39. The number of hydrogen-bond donors (Lipinski definition) is 1. The normalized spacial score (nSPS) is 12.1. The van der Waals surface area contributed by atoms with E-state index in [1.165, 1.54) is 0 Å². The van der Waals surface area contributed by atoms with Crippen LogP contribution in [0.25, 0.3) is 0 Å². The molecule has 9 heteroatoms. The van der Waals surface area contributed by atoms with Crippen molar-refractivity contribution < 1.29 is 21.6 Å². The fourth-order valence-corrected chi connectivity index (χ4v) is 1.99. The number of sulfonamides is 1. The van der Waals surface area contributed by atoms with E-state index in [1.807, 2.05) is 0 Å². The number of alkyl halides is 2.